The van der Waals surface area contributed by atoms with Crippen molar-refractivity contribution < 1.29 is 4.79 Å². The molecule has 2 rings (SSSR count). The van der Waals surface area contributed by atoms with Crippen molar-refractivity contribution in [1.82, 2.24) is 4.98 Å². The molecule has 0 spiro atoms. The molecule has 0 aromatic carbocycles. The van der Waals surface area contributed by atoms with Crippen LogP contribution in [0.1, 0.15) is 10.4 Å². The second kappa shape index (κ2) is 5.49. The number of nitrogens with one attached hydrogen (secondary N) is 1. The SMILES string of the molecule is CN(C)c1ncccc1NC(=O)c1csc(Br)c1. The van der Waals surface area contributed by atoms with Crippen LogP contribution in [0.3, 0.4) is 0 Å². The Morgan fingerprint density at radius 3 is 2.89 bits per heavy atom. The smallest absolute Gasteiger partial charge is 0.256 e. The van der Waals surface area contributed by atoms with Crippen LogP contribution in [-0.2, 0) is 0 Å². The summed E-state index contributed by atoms with van der Waals surface area (Å²) < 4.78 is 0.937. The highest BCUT2D eigenvalue weighted by Gasteiger charge is 2.12. The minimum atomic E-state index is -0.131. The Bertz CT molecular complexity index is 568. The number of aromatic nitrogens is 1. The Balaban J connectivity index is 2.22. The van der Waals surface area contributed by atoms with Crippen LogP contribution in [0.5, 0.6) is 0 Å². The summed E-state index contributed by atoms with van der Waals surface area (Å²) in [5.74, 6) is 0.605. The summed E-state index contributed by atoms with van der Waals surface area (Å²) in [4.78, 5) is 18.1. The van der Waals surface area contributed by atoms with Gasteiger partial charge in [0.2, 0.25) is 0 Å². The Hall–Kier alpha value is -1.40. The van der Waals surface area contributed by atoms with Gasteiger partial charge < -0.3 is 10.2 Å². The lowest BCUT2D eigenvalue weighted by atomic mass is 10.3. The highest BCUT2D eigenvalue weighted by Crippen LogP contribution is 2.24. The number of hydrogen-bond donors (Lipinski definition) is 1. The maximum absolute atomic E-state index is 12.0. The number of anilines is 2. The van der Waals surface area contributed by atoms with Crippen molar-refractivity contribution in [2.75, 3.05) is 24.3 Å². The lowest BCUT2D eigenvalue weighted by molar-refractivity contribution is 0.102. The molecule has 0 aliphatic heterocycles. The molecule has 6 heteroatoms. The summed E-state index contributed by atoms with van der Waals surface area (Å²) in [6, 6.07) is 5.43. The van der Waals surface area contributed by atoms with E-state index in [1.807, 2.05) is 30.4 Å². The van der Waals surface area contributed by atoms with Gasteiger partial charge in [-0.05, 0) is 34.1 Å². The molecule has 2 heterocycles. The zero-order valence-corrected chi connectivity index (χ0v) is 12.4. The first-order valence-electron chi connectivity index (χ1n) is 5.25. The topological polar surface area (TPSA) is 45.2 Å². The van der Waals surface area contributed by atoms with Crippen LogP contribution < -0.4 is 10.2 Å². The first-order valence-corrected chi connectivity index (χ1v) is 6.93. The minimum absolute atomic E-state index is 0.131. The molecule has 1 N–H and O–H groups in total. The van der Waals surface area contributed by atoms with Gasteiger partial charge >= 0.3 is 0 Å². The third-order valence-corrected chi connectivity index (χ3v) is 3.79. The van der Waals surface area contributed by atoms with E-state index in [9.17, 15) is 4.79 Å². The van der Waals surface area contributed by atoms with E-state index in [-0.39, 0.29) is 5.91 Å². The van der Waals surface area contributed by atoms with Gasteiger partial charge in [0, 0.05) is 25.7 Å². The molecule has 94 valence electrons. The average Bonchev–Trinajstić information content (AvgIpc) is 2.76. The van der Waals surface area contributed by atoms with Crippen molar-refractivity contribution in [3.63, 3.8) is 0 Å². The molecule has 18 heavy (non-hydrogen) atoms. The number of carbonyl (C=O) groups excluding carboxylic acids is 1. The zero-order valence-electron chi connectivity index (χ0n) is 9.98. The molecule has 0 aliphatic carbocycles. The standard InChI is InChI=1S/C12H12BrN3OS/c1-16(2)11-9(4-3-5-14-11)15-12(17)8-6-10(13)18-7-8/h3-7H,1-2H3,(H,15,17). The molecule has 4 nitrogen and oxygen atoms in total. The van der Waals surface area contributed by atoms with Crippen molar-refractivity contribution in [2.45, 2.75) is 0 Å². The van der Waals surface area contributed by atoms with E-state index in [1.54, 1.807) is 18.3 Å². The third kappa shape index (κ3) is 2.88. The van der Waals surface area contributed by atoms with Crippen molar-refractivity contribution >= 4 is 44.7 Å². The van der Waals surface area contributed by atoms with Gasteiger partial charge in [0.15, 0.2) is 5.82 Å². The lowest BCUT2D eigenvalue weighted by Gasteiger charge is -2.15. The largest absolute Gasteiger partial charge is 0.361 e. The molecule has 0 radical (unpaired) electrons. The molecule has 0 unspecified atom stereocenters. The van der Waals surface area contributed by atoms with Gasteiger partial charge in [-0.25, -0.2) is 4.98 Å². The minimum Gasteiger partial charge on any atom is -0.361 e. The molecule has 0 fully saturated rings. The summed E-state index contributed by atoms with van der Waals surface area (Å²) in [5, 5.41) is 4.67. The summed E-state index contributed by atoms with van der Waals surface area (Å²) >= 11 is 4.83. The second-order valence-corrected chi connectivity index (χ2v) is 6.15. The van der Waals surface area contributed by atoms with Crippen molar-refractivity contribution in [2.24, 2.45) is 0 Å². The van der Waals surface area contributed by atoms with Crippen molar-refractivity contribution in [1.29, 1.82) is 0 Å². The number of pyridine rings is 1. The van der Waals surface area contributed by atoms with Gasteiger partial charge in [-0.2, -0.15) is 0 Å². The molecule has 0 aliphatic rings. The molecule has 0 saturated heterocycles. The van der Waals surface area contributed by atoms with E-state index >= 15 is 0 Å². The number of hydrogen-bond acceptors (Lipinski definition) is 4. The number of rotatable bonds is 3. The first-order chi connectivity index (χ1) is 8.58. The predicted molar refractivity (Wildman–Crippen MR) is 78.5 cm³/mol. The van der Waals surface area contributed by atoms with E-state index in [0.717, 1.165) is 9.60 Å². The fourth-order valence-electron chi connectivity index (χ4n) is 1.47. The summed E-state index contributed by atoms with van der Waals surface area (Å²) in [5.41, 5.74) is 1.34. The number of thiophene rings is 1. The fraction of sp³-hybridized carbons (Fsp3) is 0.167. The van der Waals surface area contributed by atoms with Crippen LogP contribution in [0.2, 0.25) is 0 Å². The third-order valence-electron chi connectivity index (χ3n) is 2.29. The van der Waals surface area contributed by atoms with Crippen LogP contribution >= 0.6 is 27.3 Å². The van der Waals surface area contributed by atoms with Gasteiger partial charge in [-0.3, -0.25) is 4.79 Å². The van der Waals surface area contributed by atoms with Crippen molar-refractivity contribution in [3.05, 3.63) is 39.1 Å². The molecule has 1 amide bonds. The van der Waals surface area contributed by atoms with E-state index in [1.165, 1.54) is 11.3 Å². The highest BCUT2D eigenvalue weighted by atomic mass is 79.9. The summed E-state index contributed by atoms with van der Waals surface area (Å²) in [7, 11) is 3.78. The summed E-state index contributed by atoms with van der Waals surface area (Å²) in [6.07, 6.45) is 1.70. The van der Waals surface area contributed by atoms with Crippen LogP contribution in [-0.4, -0.2) is 25.0 Å². The van der Waals surface area contributed by atoms with Gasteiger partial charge in [0.1, 0.15) is 0 Å². The molecule has 2 aromatic heterocycles. The molecular weight excluding hydrogens is 314 g/mol. The number of carbonyl (C=O) groups is 1. The Kier molecular flexibility index (Phi) is 3.98. The zero-order chi connectivity index (χ0) is 13.1. The van der Waals surface area contributed by atoms with Crippen LogP contribution in [0, 0.1) is 0 Å². The normalized spacial score (nSPS) is 10.2. The van der Waals surface area contributed by atoms with Gasteiger partial charge in [0.25, 0.3) is 5.91 Å². The van der Waals surface area contributed by atoms with E-state index in [2.05, 4.69) is 26.2 Å². The van der Waals surface area contributed by atoms with E-state index in [4.69, 9.17) is 0 Å². The molecule has 2 aromatic rings. The van der Waals surface area contributed by atoms with Crippen LogP contribution in [0.4, 0.5) is 11.5 Å². The average molecular weight is 326 g/mol. The Morgan fingerprint density at radius 2 is 2.28 bits per heavy atom. The highest BCUT2D eigenvalue weighted by molar-refractivity contribution is 9.11. The van der Waals surface area contributed by atoms with Gasteiger partial charge in [-0.1, -0.05) is 0 Å². The number of halogens is 1. The number of nitrogens with zero attached hydrogens (tertiary/aromatic N) is 2. The molecule has 0 saturated carbocycles. The lowest BCUT2D eigenvalue weighted by Crippen LogP contribution is -2.17. The second-order valence-electron chi connectivity index (χ2n) is 3.86. The molecular formula is C12H12BrN3OS. The van der Waals surface area contributed by atoms with E-state index < -0.39 is 0 Å². The quantitative estimate of drug-likeness (QED) is 0.942. The Labute approximate surface area is 118 Å². The van der Waals surface area contributed by atoms with Crippen molar-refractivity contribution in [3.8, 4) is 0 Å². The maximum atomic E-state index is 12.0. The fourth-order valence-corrected chi connectivity index (χ4v) is 2.61. The molecule has 0 bridgehead atoms. The monoisotopic (exact) mass is 325 g/mol. The van der Waals surface area contributed by atoms with Gasteiger partial charge in [0.05, 0.1) is 15.0 Å². The van der Waals surface area contributed by atoms with Crippen LogP contribution in [0.25, 0.3) is 0 Å². The van der Waals surface area contributed by atoms with Gasteiger partial charge in [-0.15, -0.1) is 11.3 Å². The number of amides is 1. The molecule has 0 atom stereocenters. The predicted octanol–water partition coefficient (Wildman–Crippen LogP) is 3.22. The Morgan fingerprint density at radius 1 is 1.50 bits per heavy atom. The maximum Gasteiger partial charge on any atom is 0.256 e. The summed E-state index contributed by atoms with van der Waals surface area (Å²) in [6.45, 7) is 0. The van der Waals surface area contributed by atoms with E-state index in [0.29, 0.717) is 11.3 Å². The first kappa shape index (κ1) is 13.0. The van der Waals surface area contributed by atoms with Crippen LogP contribution in [0.15, 0.2) is 33.6 Å².